The minimum absolute atomic E-state index is 0.0490. The van der Waals surface area contributed by atoms with Crippen LogP contribution >= 0.6 is 0 Å². The lowest BCUT2D eigenvalue weighted by atomic mass is 9.84. The molecule has 104 valence electrons. The minimum atomic E-state index is -1.00. The lowest BCUT2D eigenvalue weighted by molar-refractivity contribution is -0.139. The molecular weight excluding hydrogens is 244 g/mol. The van der Waals surface area contributed by atoms with Crippen molar-refractivity contribution in [2.45, 2.75) is 44.5 Å². The third-order valence-corrected chi connectivity index (χ3v) is 4.90. The van der Waals surface area contributed by atoms with Crippen molar-refractivity contribution >= 4 is 5.97 Å². The van der Waals surface area contributed by atoms with Crippen LogP contribution in [0.5, 0.6) is 0 Å². The third kappa shape index (κ3) is 1.77. The normalized spacial score (nSPS) is 49.3. The zero-order chi connectivity index (χ0) is 13.9. The molecule has 3 rings (SSSR count). The van der Waals surface area contributed by atoms with Crippen LogP contribution in [0.1, 0.15) is 26.7 Å². The average Bonchev–Trinajstić information content (AvgIpc) is 2.61. The molecule has 0 amide bonds. The summed E-state index contributed by atoms with van der Waals surface area (Å²) in [6, 6.07) is 0. The summed E-state index contributed by atoms with van der Waals surface area (Å²) < 4.78 is 5.35. The Morgan fingerprint density at radius 2 is 2.21 bits per heavy atom. The predicted octanol–water partition coefficient (Wildman–Crippen LogP) is 1.18. The molecule has 0 spiro atoms. The number of carbonyl (C=O) groups is 1. The summed E-state index contributed by atoms with van der Waals surface area (Å²) in [5, 5.41) is 20.7. The second-order valence-electron chi connectivity index (χ2n) is 6.40. The number of aliphatic hydroxyl groups is 2. The number of esters is 1. The fraction of sp³-hybridized carbons (Fsp3) is 0.667. The zero-order valence-electron chi connectivity index (χ0n) is 11.3. The Balaban J connectivity index is 2.06. The van der Waals surface area contributed by atoms with E-state index in [0.29, 0.717) is 18.4 Å². The van der Waals surface area contributed by atoms with Crippen LogP contribution in [-0.2, 0) is 9.53 Å². The zero-order valence-corrected chi connectivity index (χ0v) is 11.3. The first-order chi connectivity index (χ1) is 8.81. The first-order valence-electron chi connectivity index (χ1n) is 6.83. The molecule has 1 aliphatic heterocycles. The highest BCUT2D eigenvalue weighted by atomic mass is 16.6. The number of hydrogen-bond donors (Lipinski definition) is 2. The van der Waals surface area contributed by atoms with Crippen molar-refractivity contribution in [3.8, 4) is 0 Å². The van der Waals surface area contributed by atoms with Gasteiger partial charge in [-0.05, 0) is 24.8 Å². The number of hydrogen-bond acceptors (Lipinski definition) is 4. The van der Waals surface area contributed by atoms with Gasteiger partial charge in [0.2, 0.25) is 0 Å². The minimum Gasteiger partial charge on any atom is -0.458 e. The fourth-order valence-corrected chi connectivity index (χ4v) is 3.95. The molecule has 0 aromatic heterocycles. The smallest absolute Gasteiger partial charge is 0.334 e. The molecule has 0 aromatic carbocycles. The molecule has 1 saturated heterocycles. The van der Waals surface area contributed by atoms with Crippen LogP contribution in [0.3, 0.4) is 0 Å². The molecular formula is C15H20O4. The van der Waals surface area contributed by atoms with Gasteiger partial charge in [-0.2, -0.15) is 0 Å². The highest BCUT2D eigenvalue weighted by Crippen LogP contribution is 2.49. The van der Waals surface area contributed by atoms with Crippen LogP contribution in [0.15, 0.2) is 23.8 Å². The van der Waals surface area contributed by atoms with E-state index in [1.807, 2.05) is 13.0 Å². The SMILES string of the molecule is C=C1C(=O)O[C@H]2C[C@@H](C)[C@H]3C(=C[C@H]12)[C@](C)(O)C[C@@H]3O. The number of fused-ring (bicyclic) bond motifs is 2. The molecule has 1 heterocycles. The maximum absolute atomic E-state index is 11.6. The number of ether oxygens (including phenoxy) is 1. The quantitative estimate of drug-likeness (QED) is 0.392. The Kier molecular flexibility index (Phi) is 2.67. The Bertz CT molecular complexity index is 477. The van der Waals surface area contributed by atoms with Crippen molar-refractivity contribution < 1.29 is 19.7 Å². The largest absolute Gasteiger partial charge is 0.458 e. The van der Waals surface area contributed by atoms with Crippen LogP contribution in [0.2, 0.25) is 0 Å². The summed E-state index contributed by atoms with van der Waals surface area (Å²) in [6.45, 7) is 7.58. The van der Waals surface area contributed by atoms with Crippen molar-refractivity contribution in [1.82, 2.24) is 0 Å². The number of rotatable bonds is 0. The summed E-state index contributed by atoms with van der Waals surface area (Å²) in [6.07, 6.45) is 2.25. The summed E-state index contributed by atoms with van der Waals surface area (Å²) in [7, 11) is 0. The van der Waals surface area contributed by atoms with Crippen LogP contribution in [0.25, 0.3) is 0 Å². The van der Waals surface area contributed by atoms with Gasteiger partial charge in [-0.3, -0.25) is 0 Å². The van der Waals surface area contributed by atoms with Crippen molar-refractivity contribution in [1.29, 1.82) is 0 Å². The summed E-state index contributed by atoms with van der Waals surface area (Å²) in [5.74, 6) is -0.376. The van der Waals surface area contributed by atoms with Crippen LogP contribution < -0.4 is 0 Å². The van der Waals surface area contributed by atoms with Crippen LogP contribution in [-0.4, -0.2) is 34.0 Å². The molecule has 4 heteroatoms. The van der Waals surface area contributed by atoms with E-state index in [1.54, 1.807) is 6.92 Å². The molecule has 1 saturated carbocycles. The van der Waals surface area contributed by atoms with Crippen molar-refractivity contribution in [3.05, 3.63) is 23.8 Å². The predicted molar refractivity (Wildman–Crippen MR) is 69.1 cm³/mol. The molecule has 0 aromatic rings. The van der Waals surface area contributed by atoms with E-state index in [4.69, 9.17) is 4.74 Å². The van der Waals surface area contributed by atoms with Crippen LogP contribution in [0, 0.1) is 17.8 Å². The lowest BCUT2D eigenvalue weighted by Crippen LogP contribution is -2.25. The van der Waals surface area contributed by atoms with E-state index >= 15 is 0 Å². The number of carbonyl (C=O) groups excluding carboxylic acids is 1. The average molecular weight is 264 g/mol. The molecule has 19 heavy (non-hydrogen) atoms. The molecule has 0 bridgehead atoms. The van der Waals surface area contributed by atoms with Gasteiger partial charge in [-0.15, -0.1) is 0 Å². The molecule has 0 unspecified atom stereocenters. The summed E-state index contributed by atoms with van der Waals surface area (Å²) in [5.41, 5.74) is 0.307. The molecule has 3 aliphatic rings. The van der Waals surface area contributed by atoms with Crippen molar-refractivity contribution in [3.63, 3.8) is 0 Å². The maximum Gasteiger partial charge on any atom is 0.334 e. The van der Waals surface area contributed by atoms with Gasteiger partial charge in [0, 0.05) is 23.8 Å². The van der Waals surface area contributed by atoms with Gasteiger partial charge < -0.3 is 14.9 Å². The standard InChI is InChI=1S/C15H20O4/c1-7-4-12-9(8(2)14(17)19-12)5-10-13(7)11(16)6-15(10,3)18/h5,7,9,11-13,16,18H,2,4,6H2,1,3H3/t7-,9-,11+,12+,13+,15-/m1/s1. The van der Waals surface area contributed by atoms with Crippen molar-refractivity contribution in [2.24, 2.45) is 17.8 Å². The summed E-state index contributed by atoms with van der Waals surface area (Å²) >= 11 is 0. The van der Waals surface area contributed by atoms with E-state index in [2.05, 4.69) is 6.58 Å². The lowest BCUT2D eigenvalue weighted by Gasteiger charge is -2.25. The highest BCUT2D eigenvalue weighted by Gasteiger charge is 2.51. The topological polar surface area (TPSA) is 66.8 Å². The van der Waals surface area contributed by atoms with E-state index in [9.17, 15) is 15.0 Å². The molecule has 2 N–H and O–H groups in total. The van der Waals surface area contributed by atoms with Gasteiger partial charge in [0.05, 0.1) is 11.7 Å². The van der Waals surface area contributed by atoms with Crippen LogP contribution in [0.4, 0.5) is 0 Å². The molecule has 2 aliphatic carbocycles. The fourth-order valence-electron chi connectivity index (χ4n) is 3.95. The first kappa shape index (κ1) is 12.9. The van der Waals surface area contributed by atoms with Gasteiger partial charge in [0.25, 0.3) is 0 Å². The maximum atomic E-state index is 11.6. The second-order valence-corrected chi connectivity index (χ2v) is 6.40. The van der Waals surface area contributed by atoms with E-state index in [1.165, 1.54) is 0 Å². The third-order valence-electron chi connectivity index (χ3n) is 4.90. The Hall–Kier alpha value is -1.13. The van der Waals surface area contributed by atoms with Gasteiger partial charge in [0.15, 0.2) is 0 Å². The van der Waals surface area contributed by atoms with E-state index in [-0.39, 0.29) is 29.8 Å². The highest BCUT2D eigenvalue weighted by molar-refractivity contribution is 5.91. The van der Waals surface area contributed by atoms with E-state index in [0.717, 1.165) is 5.57 Å². The van der Waals surface area contributed by atoms with Crippen molar-refractivity contribution in [2.75, 3.05) is 0 Å². The second kappa shape index (κ2) is 3.93. The van der Waals surface area contributed by atoms with Gasteiger partial charge in [0.1, 0.15) is 6.10 Å². The van der Waals surface area contributed by atoms with Gasteiger partial charge >= 0.3 is 5.97 Å². The van der Waals surface area contributed by atoms with Gasteiger partial charge in [-0.25, -0.2) is 4.79 Å². The summed E-state index contributed by atoms with van der Waals surface area (Å²) in [4.78, 5) is 11.6. The monoisotopic (exact) mass is 264 g/mol. The number of aliphatic hydroxyl groups excluding tert-OH is 1. The van der Waals surface area contributed by atoms with E-state index < -0.39 is 11.7 Å². The Labute approximate surface area is 112 Å². The molecule has 2 fully saturated rings. The molecule has 0 radical (unpaired) electrons. The molecule has 4 nitrogen and oxygen atoms in total. The first-order valence-corrected chi connectivity index (χ1v) is 6.83. The molecule has 6 atom stereocenters. The Morgan fingerprint density at radius 3 is 2.89 bits per heavy atom. The Morgan fingerprint density at radius 1 is 1.53 bits per heavy atom. The van der Waals surface area contributed by atoms with Gasteiger partial charge in [-0.1, -0.05) is 19.6 Å².